The molecule has 0 fully saturated rings. The van der Waals surface area contributed by atoms with Crippen LogP contribution in [0.15, 0.2) is 12.1 Å². The fourth-order valence-electron chi connectivity index (χ4n) is 1.46. The van der Waals surface area contributed by atoms with Crippen LogP contribution in [0.5, 0.6) is 5.75 Å². The lowest BCUT2D eigenvalue weighted by atomic mass is 10.2. The van der Waals surface area contributed by atoms with Gasteiger partial charge in [0.2, 0.25) is 0 Å². The number of carbonyl (C=O) groups excluding carboxylic acids is 1. The normalized spacial score (nSPS) is 10.3. The van der Waals surface area contributed by atoms with Crippen molar-refractivity contribution < 1.29 is 23.0 Å². The maximum absolute atomic E-state index is 13.6. The topological polar surface area (TPSA) is 47.6 Å². The SMILES string of the molecule is CCNCc1cc(F)c(OCCC(=O)OC)c(F)c1. The maximum atomic E-state index is 13.6. The number of rotatable bonds is 7. The number of nitrogens with one attached hydrogen (secondary N) is 1. The predicted molar refractivity (Wildman–Crippen MR) is 65.9 cm³/mol. The number of halogens is 2. The van der Waals surface area contributed by atoms with Crippen molar-refractivity contribution in [2.45, 2.75) is 19.9 Å². The zero-order chi connectivity index (χ0) is 14.3. The molecule has 0 radical (unpaired) electrons. The zero-order valence-electron chi connectivity index (χ0n) is 11.0. The Labute approximate surface area is 110 Å². The van der Waals surface area contributed by atoms with Crippen LogP contribution < -0.4 is 10.1 Å². The Balaban J connectivity index is 2.66. The summed E-state index contributed by atoms with van der Waals surface area (Å²) in [5, 5.41) is 2.97. The van der Waals surface area contributed by atoms with Gasteiger partial charge in [-0.05, 0) is 24.2 Å². The molecular weight excluding hydrogens is 256 g/mol. The molecule has 0 aliphatic heterocycles. The van der Waals surface area contributed by atoms with Gasteiger partial charge in [-0.2, -0.15) is 0 Å². The van der Waals surface area contributed by atoms with Crippen molar-refractivity contribution in [3.05, 3.63) is 29.3 Å². The van der Waals surface area contributed by atoms with E-state index in [1.807, 2.05) is 6.92 Å². The van der Waals surface area contributed by atoms with E-state index in [0.717, 1.165) is 0 Å². The third kappa shape index (κ3) is 4.82. The van der Waals surface area contributed by atoms with Crippen molar-refractivity contribution in [3.8, 4) is 5.75 Å². The summed E-state index contributed by atoms with van der Waals surface area (Å²) in [5.41, 5.74) is 0.497. The highest BCUT2D eigenvalue weighted by atomic mass is 19.1. The number of esters is 1. The molecule has 0 aliphatic carbocycles. The van der Waals surface area contributed by atoms with Gasteiger partial charge < -0.3 is 14.8 Å². The summed E-state index contributed by atoms with van der Waals surface area (Å²) in [6.45, 7) is 2.86. The van der Waals surface area contributed by atoms with Crippen molar-refractivity contribution in [2.24, 2.45) is 0 Å². The highest BCUT2D eigenvalue weighted by Gasteiger charge is 2.13. The number of benzene rings is 1. The van der Waals surface area contributed by atoms with Crippen LogP contribution in [0.2, 0.25) is 0 Å². The zero-order valence-corrected chi connectivity index (χ0v) is 11.0. The highest BCUT2D eigenvalue weighted by molar-refractivity contribution is 5.69. The Morgan fingerprint density at radius 2 is 1.95 bits per heavy atom. The fraction of sp³-hybridized carbons (Fsp3) is 0.462. The van der Waals surface area contributed by atoms with Crippen molar-refractivity contribution in [1.29, 1.82) is 0 Å². The second kappa shape index (κ2) is 7.68. The molecule has 1 aromatic rings. The molecule has 0 amide bonds. The van der Waals surface area contributed by atoms with E-state index in [-0.39, 0.29) is 13.0 Å². The Bertz CT molecular complexity index is 415. The smallest absolute Gasteiger partial charge is 0.308 e. The average Bonchev–Trinajstić information content (AvgIpc) is 2.39. The van der Waals surface area contributed by atoms with Gasteiger partial charge in [0.1, 0.15) is 0 Å². The van der Waals surface area contributed by atoms with Crippen molar-refractivity contribution in [1.82, 2.24) is 5.32 Å². The van der Waals surface area contributed by atoms with Gasteiger partial charge in [-0.3, -0.25) is 4.79 Å². The van der Waals surface area contributed by atoms with Gasteiger partial charge in [-0.25, -0.2) is 8.78 Å². The molecule has 1 rings (SSSR count). The number of methoxy groups -OCH3 is 1. The summed E-state index contributed by atoms with van der Waals surface area (Å²) >= 11 is 0. The van der Waals surface area contributed by atoms with Gasteiger partial charge in [-0.15, -0.1) is 0 Å². The van der Waals surface area contributed by atoms with Crippen LogP contribution in [0.1, 0.15) is 18.9 Å². The van der Waals surface area contributed by atoms with Gasteiger partial charge in [0.05, 0.1) is 20.1 Å². The molecule has 106 valence electrons. The van der Waals surface area contributed by atoms with Crippen LogP contribution in [-0.2, 0) is 16.1 Å². The van der Waals surface area contributed by atoms with Gasteiger partial charge >= 0.3 is 5.97 Å². The molecule has 4 nitrogen and oxygen atoms in total. The quantitative estimate of drug-likeness (QED) is 0.772. The van der Waals surface area contributed by atoms with E-state index in [2.05, 4.69) is 10.1 Å². The lowest BCUT2D eigenvalue weighted by molar-refractivity contribution is -0.141. The first-order valence-electron chi connectivity index (χ1n) is 5.96. The van der Waals surface area contributed by atoms with Crippen LogP contribution in [-0.4, -0.2) is 26.2 Å². The summed E-state index contributed by atoms with van der Waals surface area (Å²) in [4.78, 5) is 10.8. The van der Waals surface area contributed by atoms with Crippen LogP contribution >= 0.6 is 0 Å². The molecule has 0 saturated carbocycles. The van der Waals surface area contributed by atoms with Crippen molar-refractivity contribution in [2.75, 3.05) is 20.3 Å². The molecule has 0 aromatic heterocycles. The summed E-state index contributed by atoms with van der Waals surface area (Å²) < 4.78 is 36.6. The van der Waals surface area contributed by atoms with Crippen molar-refractivity contribution in [3.63, 3.8) is 0 Å². The van der Waals surface area contributed by atoms with Gasteiger partial charge in [0.15, 0.2) is 17.4 Å². The first-order valence-corrected chi connectivity index (χ1v) is 5.96. The standard InChI is InChI=1S/C13H17F2NO3/c1-3-16-8-9-6-10(14)13(11(15)7-9)19-5-4-12(17)18-2/h6-7,16H,3-5,8H2,1-2H3. The average molecular weight is 273 g/mol. The molecule has 0 heterocycles. The molecule has 19 heavy (non-hydrogen) atoms. The summed E-state index contributed by atoms with van der Waals surface area (Å²) in [6, 6.07) is 2.42. The Morgan fingerprint density at radius 3 is 2.47 bits per heavy atom. The van der Waals surface area contributed by atoms with Crippen LogP contribution in [0.25, 0.3) is 0 Å². The lowest BCUT2D eigenvalue weighted by Crippen LogP contribution is -2.13. The predicted octanol–water partition coefficient (Wildman–Crippen LogP) is 2.02. The van der Waals surface area contributed by atoms with E-state index in [1.165, 1.54) is 19.2 Å². The first kappa shape index (κ1) is 15.4. The second-order valence-electron chi connectivity index (χ2n) is 3.84. The molecule has 1 N–H and O–H groups in total. The summed E-state index contributed by atoms with van der Waals surface area (Å²) in [5.74, 6) is -2.52. The minimum absolute atomic E-state index is 0.0610. The highest BCUT2D eigenvalue weighted by Crippen LogP contribution is 2.23. The van der Waals surface area contributed by atoms with E-state index >= 15 is 0 Å². The van der Waals surface area contributed by atoms with Gasteiger partial charge in [0.25, 0.3) is 0 Å². The number of hydrogen-bond donors (Lipinski definition) is 1. The molecule has 6 heteroatoms. The van der Waals surface area contributed by atoms with Crippen LogP contribution in [0.3, 0.4) is 0 Å². The molecule has 0 bridgehead atoms. The molecule has 0 unspecified atom stereocenters. The van der Waals surface area contributed by atoms with Crippen molar-refractivity contribution >= 4 is 5.97 Å². The third-order valence-corrected chi connectivity index (χ3v) is 2.42. The maximum Gasteiger partial charge on any atom is 0.308 e. The third-order valence-electron chi connectivity index (χ3n) is 2.42. The second-order valence-corrected chi connectivity index (χ2v) is 3.84. The Kier molecular flexibility index (Phi) is 6.21. The summed E-state index contributed by atoms with van der Waals surface area (Å²) in [7, 11) is 1.24. The fourth-order valence-corrected chi connectivity index (χ4v) is 1.46. The molecule has 1 aromatic carbocycles. The van der Waals surface area contributed by atoms with Gasteiger partial charge in [-0.1, -0.05) is 6.92 Å². The van der Waals surface area contributed by atoms with Crippen LogP contribution in [0.4, 0.5) is 8.78 Å². The molecule has 0 atom stereocenters. The number of hydrogen-bond acceptors (Lipinski definition) is 4. The van der Waals surface area contributed by atoms with E-state index in [1.54, 1.807) is 0 Å². The first-order chi connectivity index (χ1) is 9.08. The van der Waals surface area contributed by atoms with Gasteiger partial charge in [0, 0.05) is 6.54 Å². The van der Waals surface area contributed by atoms with E-state index < -0.39 is 23.4 Å². The van der Waals surface area contributed by atoms with E-state index in [4.69, 9.17) is 4.74 Å². The molecule has 0 spiro atoms. The minimum Gasteiger partial charge on any atom is -0.487 e. The minimum atomic E-state index is -0.780. The number of carbonyl (C=O) groups is 1. The lowest BCUT2D eigenvalue weighted by Gasteiger charge is -2.10. The molecule has 0 saturated heterocycles. The van der Waals surface area contributed by atoms with E-state index in [0.29, 0.717) is 18.7 Å². The summed E-state index contributed by atoms with van der Waals surface area (Å²) in [6.07, 6.45) is -0.0610. The number of ether oxygens (including phenoxy) is 2. The Morgan fingerprint density at radius 1 is 1.32 bits per heavy atom. The van der Waals surface area contributed by atoms with E-state index in [9.17, 15) is 13.6 Å². The molecular formula is C13H17F2NO3. The van der Waals surface area contributed by atoms with Crippen LogP contribution in [0, 0.1) is 11.6 Å². The monoisotopic (exact) mass is 273 g/mol. The molecule has 0 aliphatic rings. The largest absolute Gasteiger partial charge is 0.487 e. The Hall–Kier alpha value is -1.69.